The van der Waals surface area contributed by atoms with E-state index in [1.807, 2.05) is 6.92 Å². The molecule has 2 aromatic rings. The Kier molecular flexibility index (Phi) is 7.75. The van der Waals surface area contributed by atoms with Crippen molar-refractivity contribution in [1.82, 2.24) is 5.43 Å². The molecule has 3 amide bonds. The number of nitrogens with one attached hydrogen (secondary N) is 3. The SMILES string of the molecule is C/C(CC(=O)Nc1ccc(C)c(Cl)c1)=N/NC(=O)C(=O)Nc1cccc(Cl)c1C. The highest BCUT2D eigenvalue weighted by Crippen LogP contribution is 2.23. The number of hydrogen-bond acceptors (Lipinski definition) is 4. The summed E-state index contributed by atoms with van der Waals surface area (Å²) < 4.78 is 0. The number of halogens is 2. The molecule has 0 aliphatic carbocycles. The smallest absolute Gasteiger partial charge is 0.326 e. The summed E-state index contributed by atoms with van der Waals surface area (Å²) in [6, 6.07) is 10.1. The van der Waals surface area contributed by atoms with Crippen LogP contribution in [0, 0.1) is 13.8 Å². The van der Waals surface area contributed by atoms with Gasteiger partial charge in [-0.3, -0.25) is 14.4 Å². The van der Waals surface area contributed by atoms with Crippen LogP contribution in [0.2, 0.25) is 10.0 Å². The lowest BCUT2D eigenvalue weighted by molar-refractivity contribution is -0.136. The first-order valence-electron chi connectivity index (χ1n) is 8.63. The zero-order valence-electron chi connectivity index (χ0n) is 16.1. The maximum atomic E-state index is 12.1. The second kappa shape index (κ2) is 10.0. The number of benzene rings is 2. The van der Waals surface area contributed by atoms with Gasteiger partial charge in [-0.1, -0.05) is 35.3 Å². The van der Waals surface area contributed by atoms with Crippen molar-refractivity contribution >= 4 is 58.0 Å². The lowest BCUT2D eigenvalue weighted by Gasteiger charge is -2.09. The molecule has 0 aliphatic rings. The Labute approximate surface area is 178 Å². The number of anilines is 2. The predicted molar refractivity (Wildman–Crippen MR) is 116 cm³/mol. The van der Waals surface area contributed by atoms with Crippen molar-refractivity contribution in [1.29, 1.82) is 0 Å². The van der Waals surface area contributed by atoms with Gasteiger partial charge < -0.3 is 10.6 Å². The monoisotopic (exact) mass is 434 g/mol. The lowest BCUT2D eigenvalue weighted by atomic mass is 10.2. The average molecular weight is 435 g/mol. The molecule has 9 heteroatoms. The third kappa shape index (κ3) is 6.58. The maximum Gasteiger partial charge on any atom is 0.329 e. The van der Waals surface area contributed by atoms with Gasteiger partial charge in [-0.25, -0.2) is 5.43 Å². The number of carbonyl (C=O) groups is 3. The van der Waals surface area contributed by atoms with Crippen molar-refractivity contribution in [3.05, 3.63) is 57.6 Å². The van der Waals surface area contributed by atoms with Gasteiger partial charge >= 0.3 is 11.8 Å². The van der Waals surface area contributed by atoms with E-state index in [0.29, 0.717) is 32.7 Å². The molecule has 0 saturated carbocycles. The van der Waals surface area contributed by atoms with E-state index in [1.165, 1.54) is 0 Å². The molecular weight excluding hydrogens is 415 g/mol. The molecule has 0 bridgehead atoms. The van der Waals surface area contributed by atoms with Gasteiger partial charge in [0, 0.05) is 27.1 Å². The minimum atomic E-state index is -0.963. The van der Waals surface area contributed by atoms with Gasteiger partial charge in [0.1, 0.15) is 0 Å². The highest BCUT2D eigenvalue weighted by Gasteiger charge is 2.15. The van der Waals surface area contributed by atoms with Crippen LogP contribution in [0.1, 0.15) is 24.5 Å². The largest absolute Gasteiger partial charge is 0.329 e. The Morgan fingerprint density at radius 3 is 2.38 bits per heavy atom. The van der Waals surface area contributed by atoms with Gasteiger partial charge in [-0.05, 0) is 56.2 Å². The fraction of sp³-hybridized carbons (Fsp3) is 0.200. The summed E-state index contributed by atoms with van der Waals surface area (Å²) in [4.78, 5) is 36.0. The predicted octanol–water partition coefficient (Wildman–Crippen LogP) is 4.07. The van der Waals surface area contributed by atoms with Crippen LogP contribution >= 0.6 is 23.2 Å². The van der Waals surface area contributed by atoms with Crippen molar-refractivity contribution in [2.75, 3.05) is 10.6 Å². The Morgan fingerprint density at radius 2 is 1.69 bits per heavy atom. The second-order valence-corrected chi connectivity index (χ2v) is 7.16. The number of carbonyl (C=O) groups excluding carboxylic acids is 3. The quantitative estimate of drug-likeness (QED) is 0.375. The van der Waals surface area contributed by atoms with Crippen molar-refractivity contribution in [2.45, 2.75) is 27.2 Å². The van der Waals surface area contributed by atoms with Gasteiger partial charge in [-0.15, -0.1) is 0 Å². The van der Waals surface area contributed by atoms with E-state index in [0.717, 1.165) is 5.56 Å². The molecular formula is C20H20Cl2N4O3. The first-order chi connectivity index (χ1) is 13.7. The van der Waals surface area contributed by atoms with Gasteiger partial charge in [0.2, 0.25) is 5.91 Å². The summed E-state index contributed by atoms with van der Waals surface area (Å²) >= 11 is 12.0. The van der Waals surface area contributed by atoms with E-state index in [2.05, 4.69) is 21.2 Å². The normalized spacial score (nSPS) is 11.0. The van der Waals surface area contributed by atoms with Crippen LogP contribution in [-0.2, 0) is 14.4 Å². The highest BCUT2D eigenvalue weighted by atomic mass is 35.5. The first-order valence-corrected chi connectivity index (χ1v) is 9.38. The van der Waals surface area contributed by atoms with Crippen LogP contribution in [-0.4, -0.2) is 23.4 Å². The fourth-order valence-electron chi connectivity index (χ4n) is 2.27. The Hall–Kier alpha value is -2.90. The summed E-state index contributed by atoms with van der Waals surface area (Å²) in [6.07, 6.45) is -0.0687. The first kappa shape index (κ1) is 22.4. The van der Waals surface area contributed by atoms with Crippen LogP contribution in [0.4, 0.5) is 11.4 Å². The molecule has 7 nitrogen and oxygen atoms in total. The van der Waals surface area contributed by atoms with Crippen molar-refractivity contribution < 1.29 is 14.4 Å². The molecule has 0 unspecified atom stereocenters. The molecule has 2 aromatic carbocycles. The summed E-state index contributed by atoms with van der Waals surface area (Å²) in [5.74, 6) is -2.19. The summed E-state index contributed by atoms with van der Waals surface area (Å²) in [7, 11) is 0. The standard InChI is InChI=1S/C20H20Cl2N4O3/c1-11-7-8-14(10-16(11)22)23-18(27)9-12(2)25-26-20(29)19(28)24-17-6-4-5-15(21)13(17)3/h4-8,10H,9H2,1-3H3,(H,23,27)(H,24,28)(H,26,29)/b25-12-. The number of rotatable bonds is 5. The second-order valence-electron chi connectivity index (χ2n) is 6.34. The Balaban J connectivity index is 1.88. The van der Waals surface area contributed by atoms with Gasteiger partial charge in [-0.2, -0.15) is 5.10 Å². The van der Waals surface area contributed by atoms with E-state index in [1.54, 1.807) is 50.2 Å². The summed E-state index contributed by atoms with van der Waals surface area (Å²) in [5, 5.41) is 9.94. The van der Waals surface area contributed by atoms with E-state index in [4.69, 9.17) is 23.2 Å². The molecule has 0 radical (unpaired) electrons. The minimum Gasteiger partial charge on any atom is -0.326 e. The molecule has 3 N–H and O–H groups in total. The Bertz CT molecular complexity index is 990. The molecule has 0 atom stereocenters. The fourth-order valence-corrected chi connectivity index (χ4v) is 2.62. The molecule has 0 saturated heterocycles. The molecule has 0 spiro atoms. The molecule has 0 aromatic heterocycles. The zero-order valence-corrected chi connectivity index (χ0v) is 17.6. The van der Waals surface area contributed by atoms with Crippen LogP contribution in [0.15, 0.2) is 41.5 Å². The topological polar surface area (TPSA) is 99.7 Å². The van der Waals surface area contributed by atoms with E-state index in [9.17, 15) is 14.4 Å². The molecule has 29 heavy (non-hydrogen) atoms. The third-order valence-corrected chi connectivity index (χ3v) is 4.76. The van der Waals surface area contributed by atoms with Crippen LogP contribution in [0.25, 0.3) is 0 Å². The third-order valence-electron chi connectivity index (χ3n) is 3.94. The summed E-state index contributed by atoms with van der Waals surface area (Å²) in [6.45, 7) is 5.14. The van der Waals surface area contributed by atoms with Crippen molar-refractivity contribution in [3.63, 3.8) is 0 Å². The molecule has 0 fully saturated rings. The highest BCUT2D eigenvalue weighted by molar-refractivity contribution is 6.40. The number of hydrogen-bond donors (Lipinski definition) is 3. The molecule has 0 aliphatic heterocycles. The van der Waals surface area contributed by atoms with Gasteiger partial charge in [0.25, 0.3) is 0 Å². The van der Waals surface area contributed by atoms with Crippen molar-refractivity contribution in [3.8, 4) is 0 Å². The van der Waals surface area contributed by atoms with E-state index >= 15 is 0 Å². The maximum absolute atomic E-state index is 12.1. The van der Waals surface area contributed by atoms with Gasteiger partial charge in [0.05, 0.1) is 6.42 Å². The number of aryl methyl sites for hydroxylation is 1. The lowest BCUT2D eigenvalue weighted by Crippen LogP contribution is -2.33. The molecule has 0 heterocycles. The zero-order chi connectivity index (χ0) is 21.6. The van der Waals surface area contributed by atoms with E-state index < -0.39 is 11.8 Å². The number of hydrazone groups is 1. The van der Waals surface area contributed by atoms with Crippen molar-refractivity contribution in [2.24, 2.45) is 5.10 Å². The summed E-state index contributed by atoms with van der Waals surface area (Å²) in [5.41, 5.74) is 4.97. The van der Waals surface area contributed by atoms with E-state index in [-0.39, 0.29) is 12.3 Å². The number of nitrogens with zero attached hydrogens (tertiary/aromatic N) is 1. The minimum absolute atomic E-state index is 0.0687. The Morgan fingerprint density at radius 1 is 0.966 bits per heavy atom. The number of amides is 3. The average Bonchev–Trinajstić information content (AvgIpc) is 2.66. The molecule has 152 valence electrons. The van der Waals surface area contributed by atoms with Gasteiger partial charge in [0.15, 0.2) is 0 Å². The van der Waals surface area contributed by atoms with Crippen LogP contribution in [0.5, 0.6) is 0 Å². The molecule has 2 rings (SSSR count). The van der Waals surface area contributed by atoms with Crippen LogP contribution < -0.4 is 16.1 Å². The van der Waals surface area contributed by atoms with Crippen LogP contribution in [0.3, 0.4) is 0 Å².